The van der Waals surface area contributed by atoms with Gasteiger partial charge in [-0.05, 0) is 52.2 Å². The average molecular weight is 247 g/mol. The van der Waals surface area contributed by atoms with E-state index in [9.17, 15) is 0 Å². The number of benzene rings is 1. The van der Waals surface area contributed by atoms with Gasteiger partial charge in [-0.25, -0.2) is 0 Å². The molecule has 1 heterocycles. The summed E-state index contributed by atoms with van der Waals surface area (Å²) in [5.41, 5.74) is 0.394. The van der Waals surface area contributed by atoms with Gasteiger partial charge in [-0.1, -0.05) is 12.1 Å². The summed E-state index contributed by atoms with van der Waals surface area (Å²) in [6, 6.07) is 7.75. The lowest BCUT2D eigenvalue weighted by atomic mass is 9.79. The van der Waals surface area contributed by atoms with E-state index in [0.29, 0.717) is 6.61 Å². The van der Waals surface area contributed by atoms with Crippen LogP contribution in [0.5, 0.6) is 5.75 Å². The van der Waals surface area contributed by atoms with Crippen molar-refractivity contribution >= 4 is 12.6 Å². The van der Waals surface area contributed by atoms with E-state index >= 15 is 0 Å². The van der Waals surface area contributed by atoms with E-state index in [0.717, 1.165) is 11.2 Å². The van der Waals surface area contributed by atoms with Gasteiger partial charge < -0.3 is 14.0 Å². The van der Waals surface area contributed by atoms with Gasteiger partial charge in [0.05, 0.1) is 17.8 Å². The topological polar surface area (TPSA) is 27.7 Å². The van der Waals surface area contributed by atoms with Crippen LogP contribution in [0.3, 0.4) is 0 Å². The largest absolute Gasteiger partial charge is 0.494 e. The van der Waals surface area contributed by atoms with Crippen molar-refractivity contribution in [1.82, 2.24) is 0 Å². The smallest absolute Gasteiger partial charge is 0.494 e. The highest BCUT2D eigenvalue weighted by molar-refractivity contribution is 6.62. The second kappa shape index (κ2) is 4.59. The molecule has 1 aromatic rings. The zero-order valence-electron chi connectivity index (χ0n) is 11.5. The Morgan fingerprint density at radius 3 is 2.00 bits per heavy atom. The Labute approximate surface area is 110 Å². The molecule has 18 heavy (non-hydrogen) atoms. The molecule has 0 aliphatic carbocycles. The van der Waals surface area contributed by atoms with Gasteiger partial charge in [0, 0.05) is 0 Å². The Morgan fingerprint density at radius 2 is 1.56 bits per heavy atom. The van der Waals surface area contributed by atoms with Crippen LogP contribution in [0.1, 0.15) is 27.7 Å². The van der Waals surface area contributed by atoms with Crippen molar-refractivity contribution < 1.29 is 14.0 Å². The van der Waals surface area contributed by atoms with Crippen LogP contribution in [0.25, 0.3) is 0 Å². The Kier molecular flexibility index (Phi) is 3.43. The first-order chi connectivity index (χ1) is 8.36. The maximum Gasteiger partial charge on any atom is 0.494 e. The van der Waals surface area contributed by atoms with Gasteiger partial charge in [-0.15, -0.1) is 0 Å². The minimum Gasteiger partial charge on any atom is -0.494 e. The fourth-order valence-electron chi connectivity index (χ4n) is 1.82. The van der Waals surface area contributed by atoms with Gasteiger partial charge in [-0.3, -0.25) is 0 Å². The summed E-state index contributed by atoms with van der Waals surface area (Å²) in [6.07, 6.45) is 0. The third kappa shape index (κ3) is 2.40. The van der Waals surface area contributed by atoms with Crippen molar-refractivity contribution in [2.45, 2.75) is 38.9 Å². The lowest BCUT2D eigenvalue weighted by Crippen LogP contribution is -2.41. The van der Waals surface area contributed by atoms with Crippen LogP contribution in [0, 0.1) is 6.92 Å². The minimum absolute atomic E-state index is 0.305. The molecule has 4 heteroatoms. The Hall–Kier alpha value is -0.995. The van der Waals surface area contributed by atoms with Gasteiger partial charge >= 0.3 is 7.12 Å². The van der Waals surface area contributed by atoms with E-state index in [1.54, 1.807) is 0 Å². The summed E-state index contributed by atoms with van der Waals surface area (Å²) in [5.74, 6) is 0.810. The minimum atomic E-state index is -0.316. The highest BCUT2D eigenvalue weighted by Crippen LogP contribution is 2.36. The van der Waals surface area contributed by atoms with Crippen LogP contribution in [-0.4, -0.2) is 24.9 Å². The average Bonchev–Trinajstić information content (AvgIpc) is 2.50. The summed E-state index contributed by atoms with van der Waals surface area (Å²) in [7, 11) is -0.316. The van der Waals surface area contributed by atoms with E-state index in [4.69, 9.17) is 14.0 Å². The molecule has 1 aromatic carbocycles. The predicted molar refractivity (Wildman–Crippen MR) is 73.0 cm³/mol. The van der Waals surface area contributed by atoms with Gasteiger partial charge in [-0.2, -0.15) is 0 Å². The number of rotatable bonds is 3. The third-order valence-corrected chi connectivity index (χ3v) is 3.67. The lowest BCUT2D eigenvalue weighted by Gasteiger charge is -2.32. The second-order valence-electron chi connectivity index (χ2n) is 5.51. The fourth-order valence-corrected chi connectivity index (χ4v) is 1.82. The second-order valence-corrected chi connectivity index (χ2v) is 5.51. The van der Waals surface area contributed by atoms with Crippen molar-refractivity contribution in [2.75, 3.05) is 6.61 Å². The van der Waals surface area contributed by atoms with E-state index < -0.39 is 0 Å². The van der Waals surface area contributed by atoms with Gasteiger partial charge in [0.1, 0.15) is 5.75 Å². The monoisotopic (exact) mass is 247 g/mol. The molecule has 2 rings (SSSR count). The summed E-state index contributed by atoms with van der Waals surface area (Å²) in [4.78, 5) is 0. The molecule has 0 N–H and O–H groups in total. The van der Waals surface area contributed by atoms with Crippen LogP contribution in [0.4, 0.5) is 0 Å². The molecular weight excluding hydrogens is 227 g/mol. The van der Waals surface area contributed by atoms with Crippen molar-refractivity contribution in [3.05, 3.63) is 31.2 Å². The molecule has 0 spiro atoms. The third-order valence-electron chi connectivity index (χ3n) is 3.67. The standard InChI is InChI=1S/C14H20BO3/c1-6-16-12-9-7-11(8-10-12)15-17-13(2,3)14(4,5)18-15/h7-10H,1,6H2,2-5H3. The molecule has 0 aromatic heterocycles. The van der Waals surface area contributed by atoms with Crippen molar-refractivity contribution in [3.63, 3.8) is 0 Å². The molecule has 1 saturated heterocycles. The first-order valence-electron chi connectivity index (χ1n) is 6.23. The maximum atomic E-state index is 5.97. The van der Waals surface area contributed by atoms with Gasteiger partial charge in [0.25, 0.3) is 0 Å². The zero-order valence-corrected chi connectivity index (χ0v) is 11.5. The molecule has 3 nitrogen and oxygen atoms in total. The molecule has 0 amide bonds. The van der Waals surface area contributed by atoms with Crippen LogP contribution in [-0.2, 0) is 9.31 Å². The van der Waals surface area contributed by atoms with E-state index in [2.05, 4.69) is 6.92 Å². The molecule has 1 fully saturated rings. The van der Waals surface area contributed by atoms with Crippen molar-refractivity contribution in [3.8, 4) is 5.75 Å². The summed E-state index contributed by atoms with van der Waals surface area (Å²) in [6.45, 7) is 12.3. The quantitative estimate of drug-likeness (QED) is 0.766. The summed E-state index contributed by atoms with van der Waals surface area (Å²) in [5, 5.41) is 0. The Morgan fingerprint density at radius 1 is 1.06 bits per heavy atom. The Bertz CT molecular complexity index is 396. The SMILES string of the molecule is [CH2]COc1ccc(B2OC(C)(C)C(C)(C)O2)cc1. The Balaban J connectivity index is 2.14. The van der Waals surface area contributed by atoms with E-state index in [1.807, 2.05) is 52.0 Å². The van der Waals surface area contributed by atoms with Gasteiger partial charge in [0.2, 0.25) is 0 Å². The van der Waals surface area contributed by atoms with Crippen LogP contribution < -0.4 is 10.2 Å². The summed E-state index contributed by atoms with van der Waals surface area (Å²) < 4.78 is 17.3. The number of hydrogen-bond acceptors (Lipinski definition) is 3. The highest BCUT2D eigenvalue weighted by atomic mass is 16.7. The number of hydrogen-bond donors (Lipinski definition) is 0. The van der Waals surface area contributed by atoms with Crippen molar-refractivity contribution in [1.29, 1.82) is 0 Å². The molecule has 1 aliphatic heterocycles. The van der Waals surface area contributed by atoms with E-state index in [1.165, 1.54) is 0 Å². The van der Waals surface area contributed by atoms with E-state index in [-0.39, 0.29) is 18.3 Å². The maximum absolute atomic E-state index is 5.97. The predicted octanol–water partition coefficient (Wildman–Crippen LogP) is 2.20. The van der Waals surface area contributed by atoms with Crippen LogP contribution in [0.2, 0.25) is 0 Å². The molecule has 1 radical (unpaired) electrons. The normalized spacial score (nSPS) is 21.1. The highest BCUT2D eigenvalue weighted by Gasteiger charge is 2.51. The van der Waals surface area contributed by atoms with Crippen LogP contribution in [0.15, 0.2) is 24.3 Å². The van der Waals surface area contributed by atoms with Crippen LogP contribution >= 0.6 is 0 Å². The lowest BCUT2D eigenvalue weighted by molar-refractivity contribution is 0.00578. The van der Waals surface area contributed by atoms with Gasteiger partial charge in [0.15, 0.2) is 0 Å². The molecule has 0 atom stereocenters. The zero-order chi connectivity index (χ0) is 13.4. The molecule has 0 saturated carbocycles. The van der Waals surface area contributed by atoms with Crippen molar-refractivity contribution in [2.24, 2.45) is 0 Å². The molecule has 97 valence electrons. The summed E-state index contributed by atoms with van der Waals surface area (Å²) >= 11 is 0. The first kappa shape index (κ1) is 13.4. The fraction of sp³-hybridized carbons (Fsp3) is 0.500. The number of ether oxygens (including phenoxy) is 1. The molecule has 0 unspecified atom stereocenters. The molecular formula is C14H20BO3. The molecule has 1 aliphatic rings. The first-order valence-corrected chi connectivity index (χ1v) is 6.23. The molecule has 0 bridgehead atoms.